The van der Waals surface area contributed by atoms with Gasteiger partial charge in [-0.25, -0.2) is 4.79 Å². The van der Waals surface area contributed by atoms with Gasteiger partial charge in [0.25, 0.3) is 0 Å². The van der Waals surface area contributed by atoms with Crippen molar-refractivity contribution in [2.45, 2.75) is 77.6 Å². The number of fused-ring (bicyclic) bond motifs is 1. The van der Waals surface area contributed by atoms with Crippen molar-refractivity contribution >= 4 is 19.8 Å². The normalized spacial score (nSPS) is 29.9. The van der Waals surface area contributed by atoms with Crippen LogP contribution in [0.15, 0.2) is 0 Å². The molecule has 2 fully saturated rings. The predicted molar refractivity (Wildman–Crippen MR) is 98.9 cm³/mol. The smallest absolute Gasteiger partial charge is 0.329 e. The highest BCUT2D eigenvalue weighted by molar-refractivity contribution is 6.08. The zero-order valence-corrected chi connectivity index (χ0v) is 16.3. The van der Waals surface area contributed by atoms with Crippen LogP contribution in [0.25, 0.3) is 0 Å². The number of rotatable bonds is 7. The van der Waals surface area contributed by atoms with E-state index in [1.54, 1.807) is 27.7 Å². The molecule has 6 nitrogen and oxygen atoms in total. The molecule has 2 heterocycles. The number of hydrogen-bond donors (Lipinski definition) is 2. The Morgan fingerprint density at radius 2 is 2.00 bits per heavy atom. The number of hydrogen-bond acceptors (Lipinski definition) is 6. The first-order valence-corrected chi connectivity index (χ1v) is 9.61. The second kappa shape index (κ2) is 8.08. The molecule has 0 aromatic rings. The summed E-state index contributed by atoms with van der Waals surface area (Å²) in [6.07, 6.45) is 4.04. The van der Waals surface area contributed by atoms with Gasteiger partial charge in [0.2, 0.25) is 6.29 Å². The van der Waals surface area contributed by atoms with E-state index in [0.717, 1.165) is 45.1 Å². The van der Waals surface area contributed by atoms with E-state index >= 15 is 0 Å². The molecule has 0 amide bonds. The molecular weight excluding hydrogens is 319 g/mol. The van der Waals surface area contributed by atoms with Crippen LogP contribution < -0.4 is 10.6 Å². The zero-order chi connectivity index (χ0) is 18.7. The summed E-state index contributed by atoms with van der Waals surface area (Å²) in [4.78, 5) is 25.1. The molecule has 0 radical (unpaired) electrons. The van der Waals surface area contributed by atoms with Crippen molar-refractivity contribution in [2.24, 2.45) is 11.3 Å². The fourth-order valence-electron chi connectivity index (χ4n) is 3.86. The maximum atomic E-state index is 13.0. The topological polar surface area (TPSA) is 76.7 Å². The largest absolute Gasteiger partial charge is 0.425 e. The first-order chi connectivity index (χ1) is 11.7. The van der Waals surface area contributed by atoms with Crippen molar-refractivity contribution < 1.29 is 19.1 Å². The Bertz CT molecular complexity index is 494. The summed E-state index contributed by atoms with van der Waals surface area (Å²) in [7, 11) is 2.15. The number of unbranched alkanes of at least 4 members (excludes halogenated alkanes) is 1. The fraction of sp³-hybridized carbons (Fsp3) is 0.889. The molecule has 7 heteroatoms. The molecule has 0 aromatic carbocycles. The highest BCUT2D eigenvalue weighted by Crippen LogP contribution is 2.38. The van der Waals surface area contributed by atoms with Crippen molar-refractivity contribution in [3.8, 4) is 0 Å². The lowest BCUT2D eigenvalue weighted by molar-refractivity contribution is -0.195. The quantitative estimate of drug-likeness (QED) is 0.308. The third-order valence-electron chi connectivity index (χ3n) is 5.32. The van der Waals surface area contributed by atoms with E-state index in [2.05, 4.69) is 18.5 Å². The van der Waals surface area contributed by atoms with Crippen LogP contribution in [0.1, 0.15) is 53.4 Å². The van der Waals surface area contributed by atoms with Crippen LogP contribution in [0, 0.1) is 11.3 Å². The van der Waals surface area contributed by atoms with E-state index < -0.39 is 17.2 Å². The average molecular weight is 352 g/mol. The molecule has 142 valence electrons. The Balaban J connectivity index is 2.04. The molecule has 2 saturated heterocycles. The van der Waals surface area contributed by atoms with Crippen LogP contribution >= 0.6 is 0 Å². The van der Waals surface area contributed by atoms with E-state index in [1.165, 1.54) is 0 Å². The number of esters is 2. The average Bonchev–Trinajstić information content (AvgIpc) is 3.10. The first-order valence-electron chi connectivity index (χ1n) is 9.61. The number of carbonyl (C=O) groups is 2. The third-order valence-corrected chi connectivity index (χ3v) is 5.32. The minimum absolute atomic E-state index is 0.238. The Hall–Kier alpha value is -1.08. The Labute approximate surface area is 152 Å². The molecule has 0 saturated carbocycles. The minimum Gasteiger partial charge on any atom is -0.425 e. The summed E-state index contributed by atoms with van der Waals surface area (Å²) in [6, 6.07) is 0.321. The molecule has 2 N–H and O–H groups in total. The van der Waals surface area contributed by atoms with Gasteiger partial charge < -0.3 is 20.1 Å². The van der Waals surface area contributed by atoms with Gasteiger partial charge in [0, 0.05) is 25.4 Å². The van der Waals surface area contributed by atoms with E-state index in [9.17, 15) is 9.59 Å². The standard InChI is InChI=1S/C18H33BN2O4/c1-12(24-15(22)17(2,3)4)25-16(23)18(8-5-6-9-19)13-7-10-20-14(13)11-21-18/h12-14,20-21H,5-11,19H2,1-4H3/t12?,13-,14-,18+/m0/s1. The lowest BCUT2D eigenvalue weighted by Gasteiger charge is -2.34. The van der Waals surface area contributed by atoms with Crippen LogP contribution in [0.3, 0.4) is 0 Å². The molecule has 2 aliphatic heterocycles. The predicted octanol–water partition coefficient (Wildman–Crippen LogP) is 1.01. The Morgan fingerprint density at radius 3 is 2.64 bits per heavy atom. The molecular formula is C18H33BN2O4. The molecule has 0 spiro atoms. The second-order valence-electron chi connectivity index (χ2n) is 8.39. The van der Waals surface area contributed by atoms with Crippen molar-refractivity contribution in [3.05, 3.63) is 0 Å². The van der Waals surface area contributed by atoms with Gasteiger partial charge in [0.1, 0.15) is 13.4 Å². The van der Waals surface area contributed by atoms with Gasteiger partial charge in [-0.15, -0.1) is 0 Å². The molecule has 2 aliphatic rings. The Kier molecular flexibility index (Phi) is 6.54. The van der Waals surface area contributed by atoms with Crippen LogP contribution in [0.4, 0.5) is 0 Å². The van der Waals surface area contributed by atoms with Gasteiger partial charge >= 0.3 is 11.9 Å². The molecule has 2 rings (SSSR count). The maximum absolute atomic E-state index is 13.0. The highest BCUT2D eigenvalue weighted by Gasteiger charge is 2.55. The fourth-order valence-corrected chi connectivity index (χ4v) is 3.86. The van der Waals surface area contributed by atoms with Crippen molar-refractivity contribution in [1.82, 2.24) is 10.6 Å². The van der Waals surface area contributed by atoms with Crippen LogP contribution in [-0.2, 0) is 19.1 Å². The SMILES string of the molecule is BCCCC[C@@]1(C(=O)OC(C)OC(=O)C(C)(C)C)NC[C@@H]2NCC[C@@H]21. The lowest BCUT2D eigenvalue weighted by atomic mass is 9.78. The van der Waals surface area contributed by atoms with E-state index in [0.29, 0.717) is 6.04 Å². The minimum atomic E-state index is -0.877. The molecule has 0 aromatic heterocycles. The summed E-state index contributed by atoms with van der Waals surface area (Å²) < 4.78 is 10.9. The van der Waals surface area contributed by atoms with Crippen LogP contribution in [-0.4, -0.2) is 50.7 Å². The van der Waals surface area contributed by atoms with Crippen LogP contribution in [0.5, 0.6) is 0 Å². The van der Waals surface area contributed by atoms with E-state index in [-0.39, 0.29) is 17.9 Å². The van der Waals surface area contributed by atoms with Crippen LogP contribution in [0.2, 0.25) is 6.32 Å². The summed E-state index contributed by atoms with van der Waals surface area (Å²) in [5.41, 5.74) is -1.28. The summed E-state index contributed by atoms with van der Waals surface area (Å²) in [5.74, 6) is -0.413. The van der Waals surface area contributed by atoms with Gasteiger partial charge in [0.05, 0.1) is 5.41 Å². The van der Waals surface area contributed by atoms with Crippen molar-refractivity contribution in [3.63, 3.8) is 0 Å². The molecule has 1 unspecified atom stereocenters. The lowest BCUT2D eigenvalue weighted by Crippen LogP contribution is -2.54. The van der Waals surface area contributed by atoms with Gasteiger partial charge in [-0.05, 0) is 40.2 Å². The molecule has 0 aliphatic carbocycles. The maximum Gasteiger partial charge on any atom is 0.329 e. The molecule has 0 bridgehead atoms. The van der Waals surface area contributed by atoms with E-state index in [4.69, 9.17) is 9.47 Å². The Morgan fingerprint density at radius 1 is 1.28 bits per heavy atom. The summed E-state index contributed by atoms with van der Waals surface area (Å²) in [5, 5.41) is 6.91. The first kappa shape index (κ1) is 20.2. The monoisotopic (exact) mass is 352 g/mol. The summed E-state index contributed by atoms with van der Waals surface area (Å²) >= 11 is 0. The van der Waals surface area contributed by atoms with Crippen molar-refractivity contribution in [1.29, 1.82) is 0 Å². The molecule has 4 atom stereocenters. The number of nitrogens with one attached hydrogen (secondary N) is 2. The van der Waals surface area contributed by atoms with Gasteiger partial charge in [-0.2, -0.15) is 0 Å². The number of ether oxygens (including phenoxy) is 2. The third kappa shape index (κ3) is 4.56. The number of carbonyl (C=O) groups excluding carboxylic acids is 2. The zero-order valence-electron chi connectivity index (χ0n) is 16.3. The summed E-state index contributed by atoms with van der Waals surface area (Å²) in [6.45, 7) is 8.67. The van der Waals surface area contributed by atoms with Gasteiger partial charge in [0.15, 0.2) is 0 Å². The second-order valence-corrected chi connectivity index (χ2v) is 8.39. The van der Waals surface area contributed by atoms with Gasteiger partial charge in [-0.1, -0.05) is 19.2 Å². The molecule has 25 heavy (non-hydrogen) atoms. The van der Waals surface area contributed by atoms with Gasteiger partial charge in [-0.3, -0.25) is 4.79 Å². The van der Waals surface area contributed by atoms with E-state index in [1.807, 2.05) is 0 Å². The highest BCUT2D eigenvalue weighted by atomic mass is 16.7. The van der Waals surface area contributed by atoms with Crippen molar-refractivity contribution in [2.75, 3.05) is 13.1 Å².